The van der Waals surface area contributed by atoms with Crippen LogP contribution in [0, 0.1) is 11.8 Å². The van der Waals surface area contributed by atoms with Crippen LogP contribution in [0.5, 0.6) is 0 Å². The van der Waals surface area contributed by atoms with Gasteiger partial charge < -0.3 is 5.73 Å². The van der Waals surface area contributed by atoms with Gasteiger partial charge in [0.25, 0.3) is 0 Å². The van der Waals surface area contributed by atoms with Gasteiger partial charge >= 0.3 is 0 Å². The summed E-state index contributed by atoms with van der Waals surface area (Å²) in [5.74, 6) is 0.666. The Bertz CT molecular complexity index is 366. The van der Waals surface area contributed by atoms with Crippen molar-refractivity contribution in [1.29, 1.82) is 0 Å². The third-order valence-electron chi connectivity index (χ3n) is 2.88. The summed E-state index contributed by atoms with van der Waals surface area (Å²) >= 11 is 0. The minimum atomic E-state index is -0.105. The lowest BCUT2D eigenvalue weighted by atomic mass is 9.94. The van der Waals surface area contributed by atoms with E-state index in [1.54, 1.807) is 0 Å². The molecule has 0 radical (unpaired) electrons. The SMILES string of the molecule is CC(C)CC(CN)CC(=O)NOCc1ccccc1. The Morgan fingerprint density at radius 1 is 1.32 bits per heavy atom. The van der Waals surface area contributed by atoms with E-state index in [9.17, 15) is 4.79 Å². The molecule has 0 saturated carbocycles. The first-order chi connectivity index (χ1) is 9.11. The number of amides is 1. The first kappa shape index (κ1) is 15.7. The number of carbonyl (C=O) groups excluding carboxylic acids is 1. The van der Waals surface area contributed by atoms with Crippen LogP contribution >= 0.6 is 0 Å². The van der Waals surface area contributed by atoms with Crippen molar-refractivity contribution in [1.82, 2.24) is 5.48 Å². The van der Waals surface area contributed by atoms with Crippen molar-refractivity contribution in [3.8, 4) is 0 Å². The molecule has 3 N–H and O–H groups in total. The average Bonchev–Trinajstić information content (AvgIpc) is 2.38. The number of nitrogens with one attached hydrogen (secondary N) is 1. The predicted molar refractivity (Wildman–Crippen MR) is 76.0 cm³/mol. The van der Waals surface area contributed by atoms with E-state index in [4.69, 9.17) is 10.6 Å². The zero-order valence-electron chi connectivity index (χ0n) is 11.8. The molecule has 4 heteroatoms. The lowest BCUT2D eigenvalue weighted by molar-refractivity contribution is -0.135. The summed E-state index contributed by atoms with van der Waals surface area (Å²) in [5.41, 5.74) is 9.17. The van der Waals surface area contributed by atoms with Crippen molar-refractivity contribution >= 4 is 5.91 Å². The molecule has 0 heterocycles. The van der Waals surface area contributed by atoms with Gasteiger partial charge in [-0.25, -0.2) is 5.48 Å². The van der Waals surface area contributed by atoms with Gasteiger partial charge in [-0.1, -0.05) is 44.2 Å². The molecule has 1 aromatic rings. The van der Waals surface area contributed by atoms with Gasteiger partial charge in [-0.3, -0.25) is 9.63 Å². The van der Waals surface area contributed by atoms with Crippen molar-refractivity contribution in [2.45, 2.75) is 33.3 Å². The lowest BCUT2D eigenvalue weighted by Gasteiger charge is -2.16. The maximum atomic E-state index is 11.7. The summed E-state index contributed by atoms with van der Waals surface area (Å²) < 4.78 is 0. The molecule has 0 aliphatic heterocycles. The predicted octanol–water partition coefficient (Wildman–Crippen LogP) is 2.25. The van der Waals surface area contributed by atoms with Gasteiger partial charge in [0, 0.05) is 6.42 Å². The molecule has 1 atom stereocenters. The second-order valence-corrected chi connectivity index (χ2v) is 5.23. The summed E-state index contributed by atoms with van der Waals surface area (Å²) in [6.45, 7) is 5.17. The van der Waals surface area contributed by atoms with Gasteiger partial charge in [-0.2, -0.15) is 0 Å². The third kappa shape index (κ3) is 6.94. The molecule has 1 unspecified atom stereocenters. The second kappa shape index (κ2) is 8.67. The molecule has 0 saturated heterocycles. The van der Waals surface area contributed by atoms with Crippen molar-refractivity contribution in [2.24, 2.45) is 17.6 Å². The Hall–Kier alpha value is -1.39. The number of carbonyl (C=O) groups is 1. The molecule has 0 bridgehead atoms. The van der Waals surface area contributed by atoms with Crippen molar-refractivity contribution in [3.05, 3.63) is 35.9 Å². The summed E-state index contributed by atoms with van der Waals surface area (Å²) in [6.07, 6.45) is 1.38. The molecule has 1 amide bonds. The molecule has 0 aliphatic rings. The zero-order valence-corrected chi connectivity index (χ0v) is 11.8. The zero-order chi connectivity index (χ0) is 14.1. The number of benzene rings is 1. The summed E-state index contributed by atoms with van der Waals surface area (Å²) in [6, 6.07) is 9.72. The molecular weight excluding hydrogens is 240 g/mol. The minimum Gasteiger partial charge on any atom is -0.330 e. The number of rotatable bonds is 8. The van der Waals surface area contributed by atoms with Crippen LogP contribution in [-0.4, -0.2) is 12.5 Å². The van der Waals surface area contributed by atoms with Gasteiger partial charge in [0.2, 0.25) is 5.91 Å². The van der Waals surface area contributed by atoms with Crippen LogP contribution in [-0.2, 0) is 16.2 Å². The molecule has 0 aliphatic carbocycles. The summed E-state index contributed by atoms with van der Waals surface area (Å²) in [7, 11) is 0. The van der Waals surface area contributed by atoms with Crippen LogP contribution in [0.1, 0.15) is 32.3 Å². The molecule has 106 valence electrons. The Kier molecular flexibility index (Phi) is 7.15. The molecule has 0 spiro atoms. The van der Waals surface area contributed by atoms with E-state index in [1.807, 2.05) is 30.3 Å². The van der Waals surface area contributed by atoms with Crippen LogP contribution in [0.2, 0.25) is 0 Å². The van der Waals surface area contributed by atoms with E-state index >= 15 is 0 Å². The number of nitrogens with two attached hydrogens (primary N) is 1. The fourth-order valence-corrected chi connectivity index (χ4v) is 2.01. The Morgan fingerprint density at radius 3 is 2.58 bits per heavy atom. The van der Waals surface area contributed by atoms with E-state index < -0.39 is 0 Å². The van der Waals surface area contributed by atoms with E-state index in [0.29, 0.717) is 25.5 Å². The fraction of sp³-hybridized carbons (Fsp3) is 0.533. The molecule has 1 aromatic carbocycles. The standard InChI is InChI=1S/C15H24N2O2/c1-12(2)8-14(10-16)9-15(18)17-19-11-13-6-4-3-5-7-13/h3-7,12,14H,8-11,16H2,1-2H3,(H,17,18). The van der Waals surface area contributed by atoms with E-state index in [2.05, 4.69) is 19.3 Å². The highest BCUT2D eigenvalue weighted by Crippen LogP contribution is 2.14. The van der Waals surface area contributed by atoms with Gasteiger partial charge in [-0.05, 0) is 30.4 Å². The van der Waals surface area contributed by atoms with Gasteiger partial charge in [0.05, 0.1) is 6.61 Å². The van der Waals surface area contributed by atoms with E-state index in [1.165, 1.54) is 0 Å². The van der Waals surface area contributed by atoms with Crippen LogP contribution in [0.3, 0.4) is 0 Å². The van der Waals surface area contributed by atoms with Crippen molar-refractivity contribution in [3.63, 3.8) is 0 Å². The fourth-order valence-electron chi connectivity index (χ4n) is 2.01. The normalized spacial score (nSPS) is 12.4. The number of hydrogen-bond donors (Lipinski definition) is 2. The topological polar surface area (TPSA) is 64.4 Å². The number of hydroxylamine groups is 1. The van der Waals surface area contributed by atoms with E-state index in [-0.39, 0.29) is 11.8 Å². The molecule has 0 aromatic heterocycles. The first-order valence-electron chi connectivity index (χ1n) is 6.76. The second-order valence-electron chi connectivity index (χ2n) is 5.23. The van der Waals surface area contributed by atoms with Crippen LogP contribution in [0.25, 0.3) is 0 Å². The number of hydrogen-bond acceptors (Lipinski definition) is 3. The maximum Gasteiger partial charge on any atom is 0.243 e. The highest BCUT2D eigenvalue weighted by Gasteiger charge is 2.14. The maximum absolute atomic E-state index is 11.7. The van der Waals surface area contributed by atoms with Crippen LogP contribution in [0.15, 0.2) is 30.3 Å². The van der Waals surface area contributed by atoms with Gasteiger partial charge in [0.1, 0.15) is 0 Å². The molecule has 1 rings (SSSR count). The average molecular weight is 264 g/mol. The lowest BCUT2D eigenvalue weighted by Crippen LogP contribution is -2.29. The molecule has 4 nitrogen and oxygen atoms in total. The largest absolute Gasteiger partial charge is 0.330 e. The Balaban J connectivity index is 2.23. The first-order valence-corrected chi connectivity index (χ1v) is 6.76. The molecular formula is C15H24N2O2. The minimum absolute atomic E-state index is 0.105. The Labute approximate surface area is 115 Å². The van der Waals surface area contributed by atoms with E-state index in [0.717, 1.165) is 12.0 Å². The van der Waals surface area contributed by atoms with Crippen LogP contribution in [0.4, 0.5) is 0 Å². The van der Waals surface area contributed by atoms with Crippen molar-refractivity contribution < 1.29 is 9.63 Å². The van der Waals surface area contributed by atoms with Crippen LogP contribution < -0.4 is 11.2 Å². The summed E-state index contributed by atoms with van der Waals surface area (Å²) in [5, 5.41) is 0. The highest BCUT2D eigenvalue weighted by molar-refractivity contribution is 5.75. The molecule has 0 fully saturated rings. The van der Waals surface area contributed by atoms with Crippen molar-refractivity contribution in [2.75, 3.05) is 6.54 Å². The smallest absolute Gasteiger partial charge is 0.243 e. The highest BCUT2D eigenvalue weighted by atomic mass is 16.6. The monoisotopic (exact) mass is 264 g/mol. The van der Waals surface area contributed by atoms with Gasteiger partial charge in [-0.15, -0.1) is 0 Å². The third-order valence-corrected chi connectivity index (χ3v) is 2.88. The summed E-state index contributed by atoms with van der Waals surface area (Å²) in [4.78, 5) is 16.9. The molecule has 19 heavy (non-hydrogen) atoms. The quantitative estimate of drug-likeness (QED) is 0.708. The Morgan fingerprint density at radius 2 is 2.00 bits per heavy atom. The van der Waals surface area contributed by atoms with Gasteiger partial charge in [0.15, 0.2) is 0 Å².